The van der Waals surface area contributed by atoms with E-state index in [0.717, 1.165) is 24.4 Å². The maximum absolute atomic E-state index is 5.97. The molecule has 0 bridgehead atoms. The van der Waals surface area contributed by atoms with Crippen LogP contribution < -0.4 is 15.8 Å². The molecule has 1 saturated heterocycles. The molecule has 1 heterocycles. The largest absolute Gasteiger partial charge is 0.496 e. The molecular formula is C18H28N4O. The van der Waals surface area contributed by atoms with Crippen LogP contribution in [0.4, 0.5) is 0 Å². The third-order valence-corrected chi connectivity index (χ3v) is 4.09. The van der Waals surface area contributed by atoms with Crippen LogP contribution in [0.15, 0.2) is 41.4 Å². The summed E-state index contributed by atoms with van der Waals surface area (Å²) in [6.07, 6.45) is 2.47. The van der Waals surface area contributed by atoms with Gasteiger partial charge in [0.15, 0.2) is 5.96 Å². The van der Waals surface area contributed by atoms with E-state index >= 15 is 0 Å². The van der Waals surface area contributed by atoms with Crippen molar-refractivity contribution in [2.24, 2.45) is 10.7 Å². The third-order valence-electron chi connectivity index (χ3n) is 4.09. The third kappa shape index (κ3) is 4.99. The van der Waals surface area contributed by atoms with E-state index in [0.29, 0.717) is 19.0 Å². The Kier molecular flexibility index (Phi) is 6.47. The fourth-order valence-electron chi connectivity index (χ4n) is 2.89. The first-order valence-electron chi connectivity index (χ1n) is 8.17. The predicted octanol–water partition coefficient (Wildman–Crippen LogP) is 2.31. The number of hydrogen-bond acceptors (Lipinski definition) is 3. The van der Waals surface area contributed by atoms with Crippen LogP contribution in [-0.4, -0.2) is 44.1 Å². The molecule has 0 saturated carbocycles. The van der Waals surface area contributed by atoms with Crippen LogP contribution in [0, 0.1) is 0 Å². The first-order chi connectivity index (χ1) is 11.1. The van der Waals surface area contributed by atoms with Gasteiger partial charge in [-0.2, -0.15) is 0 Å². The lowest BCUT2D eigenvalue weighted by Crippen LogP contribution is -2.34. The van der Waals surface area contributed by atoms with Crippen LogP contribution in [0.1, 0.15) is 31.4 Å². The zero-order chi connectivity index (χ0) is 16.7. The van der Waals surface area contributed by atoms with Gasteiger partial charge in [0, 0.05) is 12.1 Å². The Hall–Kier alpha value is -2.01. The van der Waals surface area contributed by atoms with E-state index in [1.165, 1.54) is 18.4 Å². The second kappa shape index (κ2) is 8.58. The maximum Gasteiger partial charge on any atom is 0.188 e. The molecule has 0 aromatic heterocycles. The van der Waals surface area contributed by atoms with Crippen LogP contribution in [0.5, 0.6) is 5.75 Å². The summed E-state index contributed by atoms with van der Waals surface area (Å²) in [7, 11) is 1.71. The van der Waals surface area contributed by atoms with Gasteiger partial charge in [0.05, 0.1) is 19.7 Å². The fourth-order valence-corrected chi connectivity index (χ4v) is 2.89. The number of guanidine groups is 1. The average Bonchev–Trinajstić information content (AvgIpc) is 3.08. The normalized spacial score (nSPS) is 17.0. The van der Waals surface area contributed by atoms with Crippen LogP contribution in [0.25, 0.3) is 0 Å². The van der Waals surface area contributed by atoms with Crippen molar-refractivity contribution < 1.29 is 4.74 Å². The van der Waals surface area contributed by atoms with E-state index in [2.05, 4.69) is 27.9 Å². The first kappa shape index (κ1) is 17.3. The molecule has 0 amide bonds. The van der Waals surface area contributed by atoms with Crippen LogP contribution in [-0.2, 0) is 0 Å². The Labute approximate surface area is 139 Å². The molecule has 126 valence electrons. The number of para-hydroxylation sites is 1. The molecule has 1 fully saturated rings. The van der Waals surface area contributed by atoms with Crippen LogP contribution in [0.2, 0.25) is 0 Å². The number of hydrogen-bond donors (Lipinski definition) is 2. The molecule has 1 aromatic rings. The highest BCUT2D eigenvalue weighted by Crippen LogP contribution is 2.31. The Bertz CT molecular complexity index is 550. The summed E-state index contributed by atoms with van der Waals surface area (Å²) in [4.78, 5) is 7.00. The van der Waals surface area contributed by atoms with Gasteiger partial charge in [0.2, 0.25) is 0 Å². The molecule has 1 atom stereocenters. The fraction of sp³-hybridized carbons (Fsp3) is 0.500. The van der Waals surface area contributed by atoms with Crippen molar-refractivity contribution in [2.45, 2.75) is 25.8 Å². The topological polar surface area (TPSA) is 62.9 Å². The standard InChI is InChI=1S/C18H28N4O/c1-14(2)12-20-18(19)21-13-16(22-10-6-7-11-22)15-8-4-5-9-17(15)23-3/h4-5,8-9,16H,1,6-7,10-13H2,2-3H3,(H3,19,20,21). The Balaban J connectivity index is 2.14. The molecular weight excluding hydrogens is 288 g/mol. The van der Waals surface area contributed by atoms with E-state index < -0.39 is 0 Å². The predicted molar refractivity (Wildman–Crippen MR) is 95.8 cm³/mol. The Morgan fingerprint density at radius 2 is 2.09 bits per heavy atom. The van der Waals surface area contributed by atoms with Gasteiger partial charge < -0.3 is 15.8 Å². The Morgan fingerprint density at radius 3 is 2.74 bits per heavy atom. The highest BCUT2D eigenvalue weighted by atomic mass is 16.5. The van der Waals surface area contributed by atoms with Gasteiger partial charge in [-0.05, 0) is 38.9 Å². The number of nitrogens with two attached hydrogens (primary N) is 1. The number of likely N-dealkylation sites (tertiary alicyclic amines) is 1. The maximum atomic E-state index is 5.97. The second-order valence-electron chi connectivity index (χ2n) is 6.04. The van der Waals surface area contributed by atoms with E-state index in [4.69, 9.17) is 10.5 Å². The molecule has 1 unspecified atom stereocenters. The lowest BCUT2D eigenvalue weighted by Gasteiger charge is -2.28. The summed E-state index contributed by atoms with van der Waals surface area (Å²) in [6.45, 7) is 9.28. The van der Waals surface area contributed by atoms with Gasteiger partial charge in [-0.15, -0.1) is 0 Å². The van der Waals surface area contributed by atoms with E-state index in [-0.39, 0.29) is 6.04 Å². The number of rotatable bonds is 7. The van der Waals surface area contributed by atoms with Crippen molar-refractivity contribution in [3.05, 3.63) is 42.0 Å². The highest BCUT2D eigenvalue weighted by Gasteiger charge is 2.25. The molecule has 0 radical (unpaired) electrons. The first-order valence-corrected chi connectivity index (χ1v) is 8.17. The van der Waals surface area contributed by atoms with Gasteiger partial charge in [-0.1, -0.05) is 30.4 Å². The highest BCUT2D eigenvalue weighted by molar-refractivity contribution is 5.78. The lowest BCUT2D eigenvalue weighted by molar-refractivity contribution is 0.245. The molecule has 23 heavy (non-hydrogen) atoms. The summed E-state index contributed by atoms with van der Waals surface area (Å²) in [5, 5.41) is 3.09. The number of methoxy groups -OCH3 is 1. The molecule has 1 aromatic carbocycles. The molecule has 3 N–H and O–H groups in total. The molecule has 5 heteroatoms. The number of benzene rings is 1. The minimum Gasteiger partial charge on any atom is -0.496 e. The van der Waals surface area contributed by atoms with Gasteiger partial charge in [0.25, 0.3) is 0 Å². The van der Waals surface area contributed by atoms with E-state index in [9.17, 15) is 0 Å². The summed E-state index contributed by atoms with van der Waals surface area (Å²) in [5.41, 5.74) is 8.17. The van der Waals surface area contributed by atoms with Gasteiger partial charge in [-0.25, -0.2) is 0 Å². The molecule has 1 aliphatic rings. The van der Waals surface area contributed by atoms with Crippen molar-refractivity contribution in [3.63, 3.8) is 0 Å². The van der Waals surface area contributed by atoms with Gasteiger partial charge in [-0.3, -0.25) is 9.89 Å². The smallest absolute Gasteiger partial charge is 0.188 e. The van der Waals surface area contributed by atoms with E-state index in [1.807, 2.05) is 25.1 Å². The van der Waals surface area contributed by atoms with Crippen molar-refractivity contribution in [2.75, 3.05) is 33.3 Å². The van der Waals surface area contributed by atoms with Crippen LogP contribution in [0.3, 0.4) is 0 Å². The van der Waals surface area contributed by atoms with E-state index in [1.54, 1.807) is 7.11 Å². The zero-order valence-electron chi connectivity index (χ0n) is 14.2. The molecule has 0 spiro atoms. The number of nitrogens with one attached hydrogen (secondary N) is 1. The quantitative estimate of drug-likeness (QED) is 0.460. The monoisotopic (exact) mass is 316 g/mol. The summed E-state index contributed by atoms with van der Waals surface area (Å²) in [6, 6.07) is 8.36. The lowest BCUT2D eigenvalue weighted by atomic mass is 10.0. The SMILES string of the molecule is C=C(C)CNC(N)=NCC(c1ccccc1OC)N1CCCC1. The Morgan fingerprint density at radius 1 is 1.39 bits per heavy atom. The number of ether oxygens (including phenoxy) is 1. The van der Waals surface area contributed by atoms with Gasteiger partial charge in [0.1, 0.15) is 5.75 Å². The average molecular weight is 316 g/mol. The summed E-state index contributed by atoms with van der Waals surface area (Å²) in [5.74, 6) is 1.38. The van der Waals surface area contributed by atoms with Crippen LogP contribution >= 0.6 is 0 Å². The summed E-state index contributed by atoms with van der Waals surface area (Å²) < 4.78 is 5.54. The van der Waals surface area contributed by atoms with Crippen molar-refractivity contribution >= 4 is 5.96 Å². The number of nitrogens with zero attached hydrogens (tertiary/aromatic N) is 2. The molecule has 5 nitrogen and oxygen atoms in total. The zero-order valence-corrected chi connectivity index (χ0v) is 14.2. The molecule has 1 aliphatic heterocycles. The van der Waals surface area contributed by atoms with Crippen molar-refractivity contribution in [1.29, 1.82) is 0 Å². The van der Waals surface area contributed by atoms with Crippen molar-refractivity contribution in [1.82, 2.24) is 10.2 Å². The minimum atomic E-state index is 0.193. The second-order valence-corrected chi connectivity index (χ2v) is 6.04. The van der Waals surface area contributed by atoms with Crippen molar-refractivity contribution in [3.8, 4) is 5.75 Å². The molecule has 0 aliphatic carbocycles. The van der Waals surface area contributed by atoms with Gasteiger partial charge >= 0.3 is 0 Å². The number of aliphatic imine (C=N–C) groups is 1. The molecule has 2 rings (SSSR count). The summed E-state index contributed by atoms with van der Waals surface area (Å²) >= 11 is 0. The minimum absolute atomic E-state index is 0.193.